The number of pyridine rings is 1. The normalized spacial score (nSPS) is 10.7. The molecule has 0 radical (unpaired) electrons. The predicted octanol–water partition coefficient (Wildman–Crippen LogP) is 4.95. The van der Waals surface area contributed by atoms with Crippen molar-refractivity contribution < 1.29 is 9.90 Å². The number of aromatic nitrogens is 1. The number of halogens is 1. The third-order valence-corrected chi connectivity index (χ3v) is 3.98. The molecule has 0 bridgehead atoms. The van der Waals surface area contributed by atoms with Gasteiger partial charge in [0.1, 0.15) is 0 Å². The SMILES string of the molecule is Cc1cc(Nc2ccccc2C(=O)O)c2c(Cl)ccc(C)c2n1. The quantitative estimate of drug-likeness (QED) is 0.715. The first kappa shape index (κ1) is 15.3. The van der Waals surface area contributed by atoms with E-state index in [1.165, 1.54) is 0 Å². The fraction of sp³-hybridized carbons (Fsp3) is 0.111. The third kappa shape index (κ3) is 2.85. The van der Waals surface area contributed by atoms with Crippen LogP contribution in [0.3, 0.4) is 0 Å². The lowest BCUT2D eigenvalue weighted by Gasteiger charge is -2.14. The number of fused-ring (bicyclic) bond motifs is 1. The predicted molar refractivity (Wildman–Crippen MR) is 92.9 cm³/mol. The smallest absolute Gasteiger partial charge is 0.337 e. The van der Waals surface area contributed by atoms with Crippen LogP contribution in [0.2, 0.25) is 5.02 Å². The highest BCUT2D eigenvalue weighted by Gasteiger charge is 2.14. The molecule has 0 aliphatic rings. The van der Waals surface area contributed by atoms with E-state index in [4.69, 9.17) is 11.6 Å². The van der Waals surface area contributed by atoms with Gasteiger partial charge in [0, 0.05) is 11.1 Å². The summed E-state index contributed by atoms with van der Waals surface area (Å²) in [5.74, 6) is -0.981. The summed E-state index contributed by atoms with van der Waals surface area (Å²) < 4.78 is 0. The molecule has 4 nitrogen and oxygen atoms in total. The number of rotatable bonds is 3. The number of benzene rings is 2. The molecule has 116 valence electrons. The minimum atomic E-state index is -0.981. The number of hydrogen-bond acceptors (Lipinski definition) is 3. The summed E-state index contributed by atoms with van der Waals surface area (Å²) in [5, 5.41) is 13.9. The number of nitrogens with one attached hydrogen (secondary N) is 1. The zero-order valence-corrected chi connectivity index (χ0v) is 13.5. The maximum atomic E-state index is 11.4. The number of para-hydroxylation sites is 1. The van der Waals surface area contributed by atoms with Crippen molar-refractivity contribution in [1.82, 2.24) is 4.98 Å². The first-order chi connectivity index (χ1) is 11.0. The molecule has 5 heteroatoms. The minimum Gasteiger partial charge on any atom is -0.478 e. The number of carbonyl (C=O) groups is 1. The molecule has 0 fully saturated rings. The number of anilines is 2. The lowest BCUT2D eigenvalue weighted by molar-refractivity contribution is 0.0698. The Bertz CT molecular complexity index is 922. The zero-order chi connectivity index (χ0) is 16.6. The molecule has 0 aliphatic heterocycles. The van der Waals surface area contributed by atoms with E-state index in [-0.39, 0.29) is 5.56 Å². The molecule has 1 heterocycles. The first-order valence-corrected chi connectivity index (χ1v) is 7.51. The minimum absolute atomic E-state index is 0.207. The average Bonchev–Trinajstić information content (AvgIpc) is 2.51. The van der Waals surface area contributed by atoms with Gasteiger partial charge in [0.25, 0.3) is 0 Å². The van der Waals surface area contributed by atoms with E-state index in [9.17, 15) is 9.90 Å². The zero-order valence-electron chi connectivity index (χ0n) is 12.7. The maximum absolute atomic E-state index is 11.4. The van der Waals surface area contributed by atoms with Crippen molar-refractivity contribution in [3.05, 3.63) is 64.3 Å². The Morgan fingerprint density at radius 1 is 1.13 bits per heavy atom. The summed E-state index contributed by atoms with van der Waals surface area (Å²) in [7, 11) is 0. The van der Waals surface area contributed by atoms with Gasteiger partial charge in [-0.05, 0) is 43.7 Å². The molecule has 0 unspecified atom stereocenters. The Kier molecular flexibility index (Phi) is 3.92. The fourth-order valence-corrected chi connectivity index (χ4v) is 2.84. The van der Waals surface area contributed by atoms with Gasteiger partial charge in [-0.1, -0.05) is 29.8 Å². The van der Waals surface area contributed by atoms with Crippen LogP contribution in [0, 0.1) is 13.8 Å². The molecular formula is C18H15ClN2O2. The maximum Gasteiger partial charge on any atom is 0.337 e. The summed E-state index contributed by atoms with van der Waals surface area (Å²) in [5.41, 5.74) is 4.13. The van der Waals surface area contributed by atoms with Crippen LogP contribution in [0.1, 0.15) is 21.6 Å². The Hall–Kier alpha value is -2.59. The highest BCUT2D eigenvalue weighted by atomic mass is 35.5. The lowest BCUT2D eigenvalue weighted by atomic mass is 10.1. The summed E-state index contributed by atoms with van der Waals surface area (Å²) in [6.45, 7) is 3.87. The van der Waals surface area contributed by atoms with E-state index in [0.717, 1.165) is 27.8 Å². The molecular weight excluding hydrogens is 312 g/mol. The molecule has 3 aromatic rings. The van der Waals surface area contributed by atoms with E-state index in [1.54, 1.807) is 24.3 Å². The molecule has 1 aromatic heterocycles. The largest absolute Gasteiger partial charge is 0.478 e. The summed E-state index contributed by atoms with van der Waals surface area (Å²) in [6.07, 6.45) is 0. The Morgan fingerprint density at radius 3 is 2.61 bits per heavy atom. The van der Waals surface area contributed by atoms with Gasteiger partial charge in [0.2, 0.25) is 0 Å². The summed E-state index contributed by atoms with van der Waals surface area (Å²) >= 11 is 6.36. The highest BCUT2D eigenvalue weighted by Crippen LogP contribution is 2.34. The van der Waals surface area contributed by atoms with Crippen LogP contribution in [0.5, 0.6) is 0 Å². The number of hydrogen-bond donors (Lipinski definition) is 2. The van der Waals surface area contributed by atoms with Crippen LogP contribution in [0.25, 0.3) is 10.9 Å². The number of carboxylic acids is 1. The van der Waals surface area contributed by atoms with Crippen LogP contribution in [-0.2, 0) is 0 Å². The van der Waals surface area contributed by atoms with Crippen LogP contribution in [-0.4, -0.2) is 16.1 Å². The Balaban J connectivity index is 2.22. The van der Waals surface area contributed by atoms with E-state index < -0.39 is 5.97 Å². The van der Waals surface area contributed by atoms with Crippen LogP contribution < -0.4 is 5.32 Å². The van der Waals surface area contributed by atoms with Gasteiger partial charge in [-0.3, -0.25) is 4.98 Å². The molecule has 0 saturated carbocycles. The molecule has 3 rings (SSSR count). The van der Waals surface area contributed by atoms with E-state index >= 15 is 0 Å². The van der Waals surface area contributed by atoms with Gasteiger partial charge >= 0.3 is 5.97 Å². The molecule has 23 heavy (non-hydrogen) atoms. The van der Waals surface area contributed by atoms with Crippen molar-refractivity contribution in [2.75, 3.05) is 5.32 Å². The van der Waals surface area contributed by atoms with Gasteiger partial charge in [0.15, 0.2) is 0 Å². The van der Waals surface area contributed by atoms with Gasteiger partial charge in [-0.2, -0.15) is 0 Å². The second-order valence-corrected chi connectivity index (χ2v) is 5.78. The topological polar surface area (TPSA) is 62.2 Å². The van der Waals surface area contributed by atoms with Crippen LogP contribution >= 0.6 is 11.6 Å². The van der Waals surface area contributed by atoms with E-state index in [1.807, 2.05) is 32.0 Å². The highest BCUT2D eigenvalue weighted by molar-refractivity contribution is 6.36. The second-order valence-electron chi connectivity index (χ2n) is 5.37. The van der Waals surface area contributed by atoms with Gasteiger partial charge in [-0.15, -0.1) is 0 Å². The number of aryl methyl sites for hydroxylation is 2. The number of carboxylic acid groups (broad SMARTS) is 1. The molecule has 2 N–H and O–H groups in total. The van der Waals surface area contributed by atoms with E-state index in [0.29, 0.717) is 10.7 Å². The average molecular weight is 327 g/mol. The molecule has 0 spiro atoms. The standard InChI is InChI=1S/C18H15ClN2O2/c1-10-7-8-13(19)16-15(9-11(2)20-17(10)16)21-14-6-4-3-5-12(14)18(22)23/h3-9H,1-2H3,(H,20,21)(H,22,23). The number of nitrogens with zero attached hydrogens (tertiary/aromatic N) is 1. The van der Waals surface area contributed by atoms with E-state index in [2.05, 4.69) is 10.3 Å². The van der Waals surface area contributed by atoms with Crippen molar-refractivity contribution in [2.45, 2.75) is 13.8 Å². The van der Waals surface area contributed by atoms with Gasteiger partial charge in [0.05, 0.1) is 27.5 Å². The lowest BCUT2D eigenvalue weighted by Crippen LogP contribution is -2.03. The molecule has 2 aromatic carbocycles. The molecule has 0 aliphatic carbocycles. The Morgan fingerprint density at radius 2 is 1.87 bits per heavy atom. The van der Waals surface area contributed by atoms with Crippen molar-refractivity contribution in [1.29, 1.82) is 0 Å². The summed E-state index contributed by atoms with van der Waals surface area (Å²) in [6, 6.07) is 12.4. The fourth-order valence-electron chi connectivity index (χ4n) is 2.58. The molecule has 0 saturated heterocycles. The van der Waals surface area contributed by atoms with Crippen molar-refractivity contribution in [2.24, 2.45) is 0 Å². The monoisotopic (exact) mass is 326 g/mol. The van der Waals surface area contributed by atoms with Crippen LogP contribution in [0.15, 0.2) is 42.5 Å². The van der Waals surface area contributed by atoms with Crippen molar-refractivity contribution in [3.63, 3.8) is 0 Å². The van der Waals surface area contributed by atoms with Crippen molar-refractivity contribution in [3.8, 4) is 0 Å². The first-order valence-electron chi connectivity index (χ1n) is 7.13. The number of aromatic carboxylic acids is 1. The Labute approximate surface area is 138 Å². The van der Waals surface area contributed by atoms with Crippen molar-refractivity contribution >= 4 is 39.8 Å². The van der Waals surface area contributed by atoms with Gasteiger partial charge in [-0.25, -0.2) is 4.79 Å². The van der Waals surface area contributed by atoms with Gasteiger partial charge < -0.3 is 10.4 Å². The molecule has 0 amide bonds. The van der Waals surface area contributed by atoms with Crippen LogP contribution in [0.4, 0.5) is 11.4 Å². The third-order valence-electron chi connectivity index (χ3n) is 3.67. The molecule has 0 atom stereocenters. The summed E-state index contributed by atoms with van der Waals surface area (Å²) in [4.78, 5) is 15.9. The second kappa shape index (κ2) is 5.89.